The average Bonchev–Trinajstić information content (AvgIpc) is 2.82. The molecule has 1 aliphatic heterocycles. The Bertz CT molecular complexity index is 1100. The molecule has 188 valence electrons. The number of halogens is 3. The van der Waals surface area contributed by atoms with Crippen molar-refractivity contribution in [1.82, 2.24) is 10.2 Å². The van der Waals surface area contributed by atoms with Crippen molar-refractivity contribution in [3.8, 4) is 5.75 Å². The third-order valence-electron chi connectivity index (χ3n) is 7.59. The zero-order valence-corrected chi connectivity index (χ0v) is 19.9. The van der Waals surface area contributed by atoms with E-state index in [1.807, 2.05) is 12.1 Å². The number of carbonyl (C=O) groups excluding carboxylic acids is 1. The lowest BCUT2D eigenvalue weighted by molar-refractivity contribution is -0.146. The van der Waals surface area contributed by atoms with Crippen LogP contribution in [0.25, 0.3) is 6.08 Å². The molecular formula is C27H31F3N2O3. The number of nitrogens with zero attached hydrogens (tertiary/aromatic N) is 1. The van der Waals surface area contributed by atoms with Gasteiger partial charge < -0.3 is 20.1 Å². The Hall–Kier alpha value is -2.84. The van der Waals surface area contributed by atoms with Gasteiger partial charge in [-0.05, 0) is 80.7 Å². The molecule has 5 nitrogen and oxygen atoms in total. The van der Waals surface area contributed by atoms with Crippen molar-refractivity contribution >= 4 is 12.0 Å². The van der Waals surface area contributed by atoms with E-state index in [9.17, 15) is 23.1 Å². The van der Waals surface area contributed by atoms with Crippen LogP contribution in [0.2, 0.25) is 0 Å². The minimum Gasteiger partial charge on any atom is -0.508 e. The van der Waals surface area contributed by atoms with E-state index in [2.05, 4.69) is 17.3 Å². The molecule has 1 amide bonds. The van der Waals surface area contributed by atoms with Crippen LogP contribution in [0.4, 0.5) is 13.2 Å². The molecular weight excluding hydrogens is 457 g/mol. The number of piperidine rings is 1. The first-order valence-electron chi connectivity index (χ1n) is 11.8. The van der Waals surface area contributed by atoms with Gasteiger partial charge in [-0.15, -0.1) is 0 Å². The fraction of sp³-hybridized carbons (Fsp3) is 0.444. The second kappa shape index (κ2) is 9.66. The van der Waals surface area contributed by atoms with Crippen LogP contribution in [0.3, 0.4) is 0 Å². The zero-order valence-electron chi connectivity index (χ0n) is 19.9. The van der Waals surface area contributed by atoms with Gasteiger partial charge >= 0.3 is 6.18 Å². The summed E-state index contributed by atoms with van der Waals surface area (Å²) in [7, 11) is 3.80. The molecule has 3 unspecified atom stereocenters. The number of hydrogen-bond donors (Lipinski definition) is 2. The normalized spacial score (nSPS) is 27.5. The van der Waals surface area contributed by atoms with Crippen molar-refractivity contribution in [1.29, 1.82) is 0 Å². The number of likely N-dealkylation sites (N-methyl/N-ethyl adjacent to an activating group) is 1. The molecule has 4 rings (SSSR count). The minimum atomic E-state index is -4.43. The van der Waals surface area contributed by atoms with Crippen LogP contribution in [-0.2, 0) is 21.1 Å². The van der Waals surface area contributed by atoms with Crippen molar-refractivity contribution in [2.45, 2.75) is 48.9 Å². The SMILES string of the molecule is COC12CCC(NC(=O)C=Cc3cccc(C(F)(F)F)c3)CC1(c1cccc(O)c1)CCN(C)C2. The molecule has 0 spiro atoms. The number of alkyl halides is 3. The molecule has 2 aromatic carbocycles. The number of likely N-dealkylation sites (tertiary alicyclic amines) is 1. The van der Waals surface area contributed by atoms with Crippen LogP contribution in [0.15, 0.2) is 54.6 Å². The number of methoxy groups -OCH3 is 1. The number of hydrogen-bond acceptors (Lipinski definition) is 4. The van der Waals surface area contributed by atoms with E-state index in [0.717, 1.165) is 43.6 Å². The fourth-order valence-electron chi connectivity index (χ4n) is 5.87. The average molecular weight is 489 g/mol. The van der Waals surface area contributed by atoms with Gasteiger partial charge in [0.15, 0.2) is 0 Å². The summed E-state index contributed by atoms with van der Waals surface area (Å²) in [6, 6.07) is 12.0. The number of phenols is 1. The topological polar surface area (TPSA) is 61.8 Å². The lowest BCUT2D eigenvalue weighted by atomic mass is 9.55. The molecule has 35 heavy (non-hydrogen) atoms. The van der Waals surface area contributed by atoms with E-state index in [1.165, 1.54) is 24.3 Å². The maximum atomic E-state index is 13.0. The first-order valence-corrected chi connectivity index (χ1v) is 11.8. The lowest BCUT2D eigenvalue weighted by Gasteiger charge is -2.59. The Morgan fingerprint density at radius 3 is 2.69 bits per heavy atom. The number of rotatable bonds is 5. The number of nitrogens with one attached hydrogen (secondary N) is 1. The molecule has 2 fully saturated rings. The van der Waals surface area contributed by atoms with Crippen LogP contribution in [0, 0.1) is 0 Å². The molecule has 1 aliphatic carbocycles. The Balaban J connectivity index is 1.54. The Morgan fingerprint density at radius 1 is 1.20 bits per heavy atom. The summed E-state index contributed by atoms with van der Waals surface area (Å²) in [5.41, 5.74) is -0.301. The molecule has 3 atom stereocenters. The third kappa shape index (κ3) is 5.09. The quantitative estimate of drug-likeness (QED) is 0.597. The van der Waals surface area contributed by atoms with Crippen molar-refractivity contribution in [3.05, 3.63) is 71.3 Å². The first kappa shape index (κ1) is 25.3. The molecule has 0 radical (unpaired) electrons. The van der Waals surface area contributed by atoms with Gasteiger partial charge in [0.25, 0.3) is 0 Å². The number of fused-ring (bicyclic) bond motifs is 1. The highest BCUT2D eigenvalue weighted by molar-refractivity contribution is 5.92. The van der Waals surface area contributed by atoms with Crippen molar-refractivity contribution in [3.63, 3.8) is 0 Å². The van der Waals surface area contributed by atoms with Crippen molar-refractivity contribution < 1.29 is 27.8 Å². The van der Waals surface area contributed by atoms with E-state index in [0.29, 0.717) is 18.4 Å². The van der Waals surface area contributed by atoms with Gasteiger partial charge in [-0.1, -0.05) is 24.3 Å². The van der Waals surface area contributed by atoms with Crippen LogP contribution in [0.1, 0.15) is 42.4 Å². The number of phenolic OH excluding ortho intramolecular Hbond substituents is 1. The summed E-state index contributed by atoms with van der Waals surface area (Å²) < 4.78 is 45.1. The van der Waals surface area contributed by atoms with Gasteiger partial charge in [0.05, 0.1) is 11.2 Å². The summed E-state index contributed by atoms with van der Waals surface area (Å²) in [6.07, 6.45) is 1.14. The predicted octanol–water partition coefficient (Wildman–Crippen LogP) is 4.75. The lowest BCUT2D eigenvalue weighted by Crippen LogP contribution is -2.67. The summed E-state index contributed by atoms with van der Waals surface area (Å²) in [6.45, 7) is 1.60. The van der Waals surface area contributed by atoms with Crippen LogP contribution in [0.5, 0.6) is 5.75 Å². The number of aromatic hydroxyl groups is 1. The molecule has 1 saturated heterocycles. The molecule has 2 N–H and O–H groups in total. The molecule has 2 aliphatic rings. The van der Waals surface area contributed by atoms with Crippen LogP contribution >= 0.6 is 0 Å². The van der Waals surface area contributed by atoms with Gasteiger partial charge in [-0.25, -0.2) is 0 Å². The fourth-order valence-corrected chi connectivity index (χ4v) is 5.87. The van der Waals surface area contributed by atoms with Gasteiger partial charge in [0, 0.05) is 31.2 Å². The largest absolute Gasteiger partial charge is 0.508 e. The maximum absolute atomic E-state index is 13.0. The second-order valence-electron chi connectivity index (χ2n) is 9.72. The van der Waals surface area contributed by atoms with Crippen LogP contribution in [-0.4, -0.2) is 54.8 Å². The van der Waals surface area contributed by atoms with Gasteiger partial charge in [-0.3, -0.25) is 4.79 Å². The van der Waals surface area contributed by atoms with E-state index in [-0.39, 0.29) is 17.7 Å². The summed E-state index contributed by atoms with van der Waals surface area (Å²) >= 11 is 0. The molecule has 0 bridgehead atoms. The Labute approximate surface area is 203 Å². The first-order chi connectivity index (χ1) is 16.6. The highest BCUT2D eigenvalue weighted by atomic mass is 19.4. The molecule has 1 heterocycles. The number of amides is 1. The van der Waals surface area contributed by atoms with Gasteiger partial charge in [-0.2, -0.15) is 13.2 Å². The minimum absolute atomic E-state index is 0.136. The number of ether oxygens (including phenoxy) is 1. The number of benzene rings is 2. The molecule has 8 heteroatoms. The Kier molecular flexibility index (Phi) is 6.97. The van der Waals surface area contributed by atoms with Gasteiger partial charge in [0.1, 0.15) is 5.75 Å². The molecule has 1 saturated carbocycles. The van der Waals surface area contributed by atoms with Crippen LogP contribution < -0.4 is 5.32 Å². The van der Waals surface area contributed by atoms with E-state index in [4.69, 9.17) is 4.74 Å². The highest BCUT2D eigenvalue weighted by Crippen LogP contribution is 2.53. The monoisotopic (exact) mass is 488 g/mol. The Morgan fingerprint density at radius 2 is 1.97 bits per heavy atom. The highest BCUT2D eigenvalue weighted by Gasteiger charge is 2.58. The van der Waals surface area contributed by atoms with E-state index < -0.39 is 22.8 Å². The van der Waals surface area contributed by atoms with Crippen molar-refractivity contribution in [2.24, 2.45) is 0 Å². The standard InChI is InChI=1S/C27H31F3N2O3/c1-32-14-13-25(20-6-4-8-23(33)16-20)17-22(11-12-26(25,18-32)35-2)31-24(34)10-9-19-5-3-7-21(15-19)27(28,29)30/h3-10,15-16,22,33H,11-14,17-18H2,1-2H3,(H,31,34). The van der Waals surface area contributed by atoms with E-state index in [1.54, 1.807) is 19.2 Å². The third-order valence-corrected chi connectivity index (χ3v) is 7.59. The molecule has 2 aromatic rings. The zero-order chi connectivity index (χ0) is 25.3. The van der Waals surface area contributed by atoms with Crippen molar-refractivity contribution in [2.75, 3.05) is 27.2 Å². The summed E-state index contributed by atoms with van der Waals surface area (Å²) in [5.74, 6) is -0.160. The summed E-state index contributed by atoms with van der Waals surface area (Å²) in [5, 5.41) is 13.2. The van der Waals surface area contributed by atoms with Gasteiger partial charge in [0.2, 0.25) is 5.91 Å². The van der Waals surface area contributed by atoms with E-state index >= 15 is 0 Å². The second-order valence-corrected chi connectivity index (χ2v) is 9.72. The number of carbonyl (C=O) groups is 1. The smallest absolute Gasteiger partial charge is 0.416 e. The maximum Gasteiger partial charge on any atom is 0.416 e. The summed E-state index contributed by atoms with van der Waals surface area (Å²) in [4.78, 5) is 15.0. The predicted molar refractivity (Wildman–Crippen MR) is 128 cm³/mol. The molecule has 0 aromatic heterocycles.